The summed E-state index contributed by atoms with van der Waals surface area (Å²) in [7, 11) is 2.09. The second kappa shape index (κ2) is 6.29. The van der Waals surface area contributed by atoms with Crippen LogP contribution in [0.15, 0.2) is 30.3 Å². The third-order valence-corrected chi connectivity index (χ3v) is 4.51. The Morgan fingerprint density at radius 2 is 2.18 bits per heavy atom. The van der Waals surface area contributed by atoms with Gasteiger partial charge in [-0.05, 0) is 30.8 Å². The van der Waals surface area contributed by atoms with Crippen LogP contribution in [-0.2, 0) is 17.8 Å². The summed E-state index contributed by atoms with van der Waals surface area (Å²) in [6, 6.07) is 7.36. The molecule has 0 spiro atoms. The lowest BCUT2D eigenvalue weighted by Gasteiger charge is -2.20. The lowest BCUT2D eigenvalue weighted by molar-refractivity contribution is -0.111. The van der Waals surface area contributed by atoms with Crippen LogP contribution in [0.4, 0.5) is 10.8 Å². The van der Waals surface area contributed by atoms with Crippen molar-refractivity contribution in [3.8, 4) is 0 Å². The second-order valence-electron chi connectivity index (χ2n) is 5.37. The van der Waals surface area contributed by atoms with E-state index >= 15 is 0 Å². The van der Waals surface area contributed by atoms with Gasteiger partial charge in [-0.1, -0.05) is 12.1 Å². The number of nitrogens with one attached hydrogen (secondary N) is 1. The summed E-state index contributed by atoms with van der Waals surface area (Å²) in [4.78, 5) is 20.0. The molecule has 0 saturated heterocycles. The van der Waals surface area contributed by atoms with E-state index in [1.165, 1.54) is 11.0 Å². The maximum Gasteiger partial charge on any atom is 0.250 e. The Kier molecular flexibility index (Phi) is 4.22. The average Bonchev–Trinajstić information content (AvgIpc) is 2.88. The van der Waals surface area contributed by atoms with Gasteiger partial charge in [-0.3, -0.25) is 10.1 Å². The Hall–Kier alpha value is -2.18. The van der Waals surface area contributed by atoms with E-state index < -0.39 is 0 Å². The van der Waals surface area contributed by atoms with Crippen molar-refractivity contribution in [1.29, 1.82) is 0 Å². The van der Waals surface area contributed by atoms with Crippen LogP contribution in [0.5, 0.6) is 0 Å². The van der Waals surface area contributed by atoms with Crippen LogP contribution in [0.1, 0.15) is 16.1 Å². The summed E-state index contributed by atoms with van der Waals surface area (Å²) in [5.41, 5.74) is 8.38. The Bertz CT molecular complexity index is 705. The fourth-order valence-electron chi connectivity index (χ4n) is 2.30. The average molecular weight is 314 g/mol. The van der Waals surface area contributed by atoms with E-state index in [4.69, 9.17) is 5.73 Å². The van der Waals surface area contributed by atoms with Crippen molar-refractivity contribution in [3.63, 3.8) is 0 Å². The smallest absolute Gasteiger partial charge is 0.250 e. The standard InChI is InChI=1S/C16H18N4OS/c1-20-9-8-13-14(10-20)22-16(18-13)19-15(21)7-4-11-2-5-12(17)6-3-11/h2-7H,8-10,17H2,1H3,(H,18,19,21)/b7-4+. The summed E-state index contributed by atoms with van der Waals surface area (Å²) in [5, 5.41) is 3.51. The zero-order valence-electron chi connectivity index (χ0n) is 12.4. The van der Waals surface area contributed by atoms with E-state index in [-0.39, 0.29) is 5.91 Å². The number of nitrogen functional groups attached to an aromatic ring is 1. The van der Waals surface area contributed by atoms with Crippen LogP contribution < -0.4 is 11.1 Å². The lowest BCUT2D eigenvalue weighted by Crippen LogP contribution is -2.25. The largest absolute Gasteiger partial charge is 0.399 e. The van der Waals surface area contributed by atoms with Crippen LogP contribution >= 0.6 is 11.3 Å². The van der Waals surface area contributed by atoms with Gasteiger partial charge in [0.15, 0.2) is 5.13 Å². The predicted octanol–water partition coefficient (Wildman–Crippen LogP) is 2.37. The van der Waals surface area contributed by atoms with Crippen molar-refractivity contribution in [2.24, 2.45) is 0 Å². The molecule has 22 heavy (non-hydrogen) atoms. The monoisotopic (exact) mass is 314 g/mol. The number of nitrogens with two attached hydrogens (primary N) is 1. The van der Waals surface area contributed by atoms with Crippen LogP contribution in [-0.4, -0.2) is 29.4 Å². The molecule has 1 aromatic heterocycles. The molecule has 1 aliphatic heterocycles. The van der Waals surface area contributed by atoms with Gasteiger partial charge in [0.2, 0.25) is 5.91 Å². The highest BCUT2D eigenvalue weighted by Gasteiger charge is 2.18. The molecule has 3 N–H and O–H groups in total. The summed E-state index contributed by atoms with van der Waals surface area (Å²) < 4.78 is 0. The highest BCUT2D eigenvalue weighted by molar-refractivity contribution is 7.15. The number of thiazole rings is 1. The van der Waals surface area contributed by atoms with E-state index in [9.17, 15) is 4.79 Å². The fourth-order valence-corrected chi connectivity index (χ4v) is 3.39. The van der Waals surface area contributed by atoms with E-state index in [1.54, 1.807) is 17.4 Å². The van der Waals surface area contributed by atoms with Gasteiger partial charge >= 0.3 is 0 Å². The SMILES string of the molecule is CN1CCc2nc(NC(=O)/C=C/c3ccc(N)cc3)sc2C1. The minimum absolute atomic E-state index is 0.170. The van der Waals surface area contributed by atoms with Gasteiger partial charge in [-0.2, -0.15) is 0 Å². The molecular weight excluding hydrogens is 296 g/mol. The summed E-state index contributed by atoms with van der Waals surface area (Å²) in [6.07, 6.45) is 4.22. The molecule has 1 amide bonds. The van der Waals surface area contributed by atoms with Gasteiger partial charge in [0.1, 0.15) is 0 Å². The van der Waals surface area contributed by atoms with Crippen molar-refractivity contribution >= 4 is 34.1 Å². The first-order valence-corrected chi connectivity index (χ1v) is 7.93. The van der Waals surface area contributed by atoms with Gasteiger partial charge in [0.25, 0.3) is 0 Å². The highest BCUT2D eigenvalue weighted by atomic mass is 32.1. The topological polar surface area (TPSA) is 71.2 Å². The van der Waals surface area contributed by atoms with Crippen molar-refractivity contribution in [1.82, 2.24) is 9.88 Å². The summed E-state index contributed by atoms with van der Waals surface area (Å²) in [6.45, 7) is 1.92. The van der Waals surface area contributed by atoms with E-state index in [0.717, 1.165) is 30.8 Å². The zero-order valence-corrected chi connectivity index (χ0v) is 13.2. The van der Waals surface area contributed by atoms with Crippen molar-refractivity contribution in [3.05, 3.63) is 46.5 Å². The molecule has 0 radical (unpaired) electrons. The molecule has 0 saturated carbocycles. The number of carbonyl (C=O) groups excluding carboxylic acids is 1. The lowest BCUT2D eigenvalue weighted by atomic mass is 10.2. The third-order valence-electron chi connectivity index (χ3n) is 3.52. The van der Waals surface area contributed by atoms with E-state index in [2.05, 4.69) is 22.2 Å². The van der Waals surface area contributed by atoms with Gasteiger partial charge in [0.05, 0.1) is 5.69 Å². The molecule has 0 unspecified atom stereocenters. The molecule has 1 aromatic carbocycles. The number of aromatic nitrogens is 1. The Balaban J connectivity index is 1.63. The number of benzene rings is 1. The number of hydrogen-bond acceptors (Lipinski definition) is 5. The molecule has 0 atom stereocenters. The number of hydrogen-bond donors (Lipinski definition) is 2. The minimum Gasteiger partial charge on any atom is -0.399 e. The molecule has 0 bridgehead atoms. The van der Waals surface area contributed by atoms with Crippen molar-refractivity contribution in [2.75, 3.05) is 24.6 Å². The fraction of sp³-hybridized carbons (Fsp3) is 0.250. The molecule has 114 valence electrons. The number of likely N-dealkylation sites (N-methyl/N-ethyl adjacent to an activating group) is 1. The predicted molar refractivity (Wildman–Crippen MR) is 90.7 cm³/mol. The summed E-state index contributed by atoms with van der Waals surface area (Å²) >= 11 is 1.56. The molecular formula is C16H18N4OS. The molecule has 2 aromatic rings. The van der Waals surface area contributed by atoms with E-state index in [0.29, 0.717) is 10.8 Å². The van der Waals surface area contributed by atoms with Crippen LogP contribution in [0.3, 0.4) is 0 Å². The zero-order chi connectivity index (χ0) is 15.5. The van der Waals surface area contributed by atoms with Gasteiger partial charge in [-0.25, -0.2) is 4.98 Å². The van der Waals surface area contributed by atoms with E-state index in [1.807, 2.05) is 24.3 Å². The normalized spacial score (nSPS) is 15.0. The van der Waals surface area contributed by atoms with Gasteiger partial charge < -0.3 is 10.6 Å². The van der Waals surface area contributed by atoms with Crippen LogP contribution in [0, 0.1) is 0 Å². The second-order valence-corrected chi connectivity index (χ2v) is 6.45. The van der Waals surface area contributed by atoms with Gasteiger partial charge in [-0.15, -0.1) is 11.3 Å². The number of carbonyl (C=O) groups is 1. The molecule has 3 rings (SSSR count). The molecule has 5 nitrogen and oxygen atoms in total. The molecule has 0 fully saturated rings. The number of rotatable bonds is 3. The van der Waals surface area contributed by atoms with Crippen LogP contribution in [0.2, 0.25) is 0 Å². The Labute approximate surface area is 133 Å². The third kappa shape index (κ3) is 3.52. The molecule has 2 heterocycles. The maximum absolute atomic E-state index is 12.0. The van der Waals surface area contributed by atoms with Gasteiger partial charge in [0, 0.05) is 36.2 Å². The first-order valence-electron chi connectivity index (χ1n) is 7.12. The maximum atomic E-state index is 12.0. The van der Waals surface area contributed by atoms with Crippen LogP contribution in [0.25, 0.3) is 6.08 Å². The number of nitrogens with zero attached hydrogens (tertiary/aromatic N) is 2. The Morgan fingerprint density at radius 3 is 2.95 bits per heavy atom. The van der Waals surface area contributed by atoms with Crippen molar-refractivity contribution < 1.29 is 4.79 Å². The first-order chi connectivity index (χ1) is 10.6. The van der Waals surface area contributed by atoms with Crippen molar-refractivity contribution in [2.45, 2.75) is 13.0 Å². The molecule has 6 heteroatoms. The number of amides is 1. The quantitative estimate of drug-likeness (QED) is 0.674. The summed E-state index contributed by atoms with van der Waals surface area (Å²) in [5.74, 6) is -0.170. The Morgan fingerprint density at radius 1 is 1.41 bits per heavy atom. The molecule has 1 aliphatic rings. The number of fused-ring (bicyclic) bond motifs is 1. The molecule has 0 aliphatic carbocycles. The number of anilines is 2. The first kappa shape index (κ1) is 14.7. The highest BCUT2D eigenvalue weighted by Crippen LogP contribution is 2.27. The minimum atomic E-state index is -0.170.